The number of hydrogen-bond acceptors (Lipinski definition) is 6. The molecule has 4 amide bonds. The van der Waals surface area contributed by atoms with E-state index in [9.17, 15) is 14.4 Å². The quantitative estimate of drug-likeness (QED) is 0.541. The third-order valence-electron chi connectivity index (χ3n) is 3.82. The molecule has 24 heavy (non-hydrogen) atoms. The summed E-state index contributed by atoms with van der Waals surface area (Å²) in [4.78, 5) is 36.8. The number of carbonyl (C=O) groups excluding carboxylic acids is 3. The number of fused-ring (bicyclic) bond motifs is 1. The molecule has 1 fully saturated rings. The Morgan fingerprint density at radius 3 is 2.54 bits per heavy atom. The minimum absolute atomic E-state index is 0. The van der Waals surface area contributed by atoms with Gasteiger partial charge in [0.1, 0.15) is 12.1 Å². The van der Waals surface area contributed by atoms with Crippen LogP contribution >= 0.6 is 12.4 Å². The minimum atomic E-state index is -1.09. The largest absolute Gasteiger partial charge is 0.454 e. The molecule has 1 aromatic rings. The van der Waals surface area contributed by atoms with E-state index in [2.05, 4.69) is 10.6 Å². The normalized spacial score (nSPS) is 17.3. The van der Waals surface area contributed by atoms with Crippen molar-refractivity contribution >= 4 is 41.6 Å². The first kappa shape index (κ1) is 17.7. The highest BCUT2D eigenvalue weighted by atomic mass is 35.5. The first-order valence-electron chi connectivity index (χ1n) is 6.91. The fourth-order valence-corrected chi connectivity index (χ4v) is 2.36. The molecule has 1 saturated heterocycles. The molecular formula is C14H17ClN4O5. The third-order valence-corrected chi connectivity index (χ3v) is 3.82. The Kier molecular flexibility index (Phi) is 4.48. The molecule has 1 aromatic carbocycles. The maximum absolute atomic E-state index is 12.2. The zero-order valence-corrected chi connectivity index (χ0v) is 13.9. The number of carbonyl (C=O) groups is 3. The van der Waals surface area contributed by atoms with Gasteiger partial charge in [0.2, 0.25) is 12.7 Å². The van der Waals surface area contributed by atoms with E-state index in [4.69, 9.17) is 15.2 Å². The Hall–Kier alpha value is -2.68. The van der Waals surface area contributed by atoms with Crippen LogP contribution in [0.4, 0.5) is 16.2 Å². The van der Waals surface area contributed by atoms with Gasteiger partial charge in [-0.25, -0.2) is 4.79 Å². The lowest BCUT2D eigenvalue weighted by atomic mass is 10.0. The van der Waals surface area contributed by atoms with Crippen LogP contribution in [0, 0.1) is 0 Å². The Morgan fingerprint density at radius 2 is 1.96 bits per heavy atom. The van der Waals surface area contributed by atoms with Crippen molar-refractivity contribution < 1.29 is 23.9 Å². The second-order valence-electron chi connectivity index (χ2n) is 5.75. The molecule has 0 spiro atoms. The van der Waals surface area contributed by atoms with Gasteiger partial charge in [-0.05, 0) is 13.8 Å². The lowest BCUT2D eigenvalue weighted by molar-refractivity contribution is -0.126. The van der Waals surface area contributed by atoms with Gasteiger partial charge in [0.15, 0.2) is 11.5 Å². The molecule has 130 valence electrons. The van der Waals surface area contributed by atoms with Gasteiger partial charge >= 0.3 is 6.03 Å². The van der Waals surface area contributed by atoms with E-state index in [-0.39, 0.29) is 25.7 Å². The SMILES string of the molecule is CC1(C)C(=O)NC(=O)N1CC(=O)Nc1cc2c(cc1N)OCO2.Cl. The highest BCUT2D eigenvalue weighted by Crippen LogP contribution is 2.38. The molecular weight excluding hydrogens is 340 g/mol. The van der Waals surface area contributed by atoms with Gasteiger partial charge in [0.25, 0.3) is 5.91 Å². The number of ether oxygens (including phenoxy) is 2. The highest BCUT2D eigenvalue weighted by molar-refractivity contribution is 6.08. The smallest absolute Gasteiger partial charge is 0.325 e. The van der Waals surface area contributed by atoms with Crippen LogP contribution in [0.2, 0.25) is 0 Å². The topological polar surface area (TPSA) is 123 Å². The number of nitrogens with two attached hydrogens (primary N) is 1. The molecule has 2 aliphatic heterocycles. The van der Waals surface area contributed by atoms with Crippen LogP contribution in [0.1, 0.15) is 13.8 Å². The lowest BCUT2D eigenvalue weighted by Crippen LogP contribution is -2.47. The molecule has 2 heterocycles. The molecule has 0 aliphatic carbocycles. The fraction of sp³-hybridized carbons (Fsp3) is 0.357. The van der Waals surface area contributed by atoms with Gasteiger partial charge in [-0.2, -0.15) is 0 Å². The molecule has 0 saturated carbocycles. The van der Waals surface area contributed by atoms with Crippen molar-refractivity contribution in [1.29, 1.82) is 0 Å². The number of imide groups is 1. The summed E-state index contributed by atoms with van der Waals surface area (Å²) in [6.07, 6.45) is 0. The van der Waals surface area contributed by atoms with Crippen LogP contribution in [-0.4, -0.2) is 41.6 Å². The van der Waals surface area contributed by atoms with Crippen LogP contribution in [0.5, 0.6) is 11.5 Å². The van der Waals surface area contributed by atoms with Gasteiger partial charge in [-0.1, -0.05) is 0 Å². The van der Waals surface area contributed by atoms with E-state index in [0.717, 1.165) is 4.90 Å². The van der Waals surface area contributed by atoms with Gasteiger partial charge in [-0.15, -0.1) is 12.4 Å². The van der Waals surface area contributed by atoms with E-state index >= 15 is 0 Å². The number of nitrogens with zero attached hydrogens (tertiary/aromatic N) is 1. The van der Waals surface area contributed by atoms with E-state index in [0.29, 0.717) is 22.9 Å². The second kappa shape index (κ2) is 6.08. The van der Waals surface area contributed by atoms with Crippen LogP contribution in [-0.2, 0) is 9.59 Å². The van der Waals surface area contributed by atoms with E-state index in [1.807, 2.05) is 0 Å². The average molecular weight is 357 g/mol. The minimum Gasteiger partial charge on any atom is -0.454 e. The van der Waals surface area contributed by atoms with Crippen molar-refractivity contribution in [3.05, 3.63) is 12.1 Å². The molecule has 0 aromatic heterocycles. The summed E-state index contributed by atoms with van der Waals surface area (Å²) in [7, 11) is 0. The fourth-order valence-electron chi connectivity index (χ4n) is 2.36. The molecule has 10 heteroatoms. The second-order valence-corrected chi connectivity index (χ2v) is 5.75. The summed E-state index contributed by atoms with van der Waals surface area (Å²) < 4.78 is 10.4. The summed E-state index contributed by atoms with van der Waals surface area (Å²) in [5.74, 6) is 0.0569. The number of nitrogens with one attached hydrogen (secondary N) is 2. The van der Waals surface area contributed by atoms with Crippen molar-refractivity contribution in [2.75, 3.05) is 24.4 Å². The Morgan fingerprint density at radius 1 is 1.33 bits per heavy atom. The van der Waals surface area contributed by atoms with Crippen molar-refractivity contribution in [1.82, 2.24) is 10.2 Å². The summed E-state index contributed by atoms with van der Waals surface area (Å²) in [5, 5.41) is 4.79. The molecule has 0 radical (unpaired) electrons. The number of halogens is 1. The number of urea groups is 1. The van der Waals surface area contributed by atoms with Crippen LogP contribution < -0.4 is 25.8 Å². The van der Waals surface area contributed by atoms with Gasteiger partial charge < -0.3 is 25.4 Å². The number of hydrogen-bond donors (Lipinski definition) is 3. The number of benzene rings is 1. The first-order chi connectivity index (χ1) is 10.8. The summed E-state index contributed by atoms with van der Waals surface area (Å²) in [6, 6.07) is 2.50. The predicted molar refractivity (Wildman–Crippen MR) is 87.2 cm³/mol. The maximum Gasteiger partial charge on any atom is 0.325 e. The third kappa shape index (κ3) is 2.90. The molecule has 3 rings (SSSR count). The Balaban J connectivity index is 0.00000208. The Bertz CT molecular complexity index is 721. The number of amides is 4. The first-order valence-corrected chi connectivity index (χ1v) is 6.91. The van der Waals surface area contributed by atoms with Crippen LogP contribution in [0.3, 0.4) is 0 Å². The lowest BCUT2D eigenvalue weighted by Gasteiger charge is -2.27. The summed E-state index contributed by atoms with van der Waals surface area (Å²) in [5.41, 5.74) is 5.43. The Labute approximate surface area is 143 Å². The van der Waals surface area contributed by atoms with Crippen molar-refractivity contribution in [2.24, 2.45) is 0 Å². The molecule has 9 nitrogen and oxygen atoms in total. The predicted octanol–water partition coefficient (Wildman–Crippen LogP) is 0.688. The van der Waals surface area contributed by atoms with E-state index < -0.39 is 23.4 Å². The molecule has 0 unspecified atom stereocenters. The van der Waals surface area contributed by atoms with E-state index in [1.54, 1.807) is 26.0 Å². The standard InChI is InChI=1S/C14H16N4O5.ClH/c1-14(2)12(20)17-13(21)18(14)5-11(19)16-8-4-10-9(3-7(8)15)22-6-23-10;/h3-4H,5-6,15H2,1-2H3,(H,16,19)(H,17,20,21);1H. The monoisotopic (exact) mass is 356 g/mol. The van der Waals surface area contributed by atoms with Gasteiger partial charge in [0.05, 0.1) is 11.4 Å². The zero-order valence-electron chi connectivity index (χ0n) is 13.0. The average Bonchev–Trinajstić information content (AvgIpc) is 2.98. The summed E-state index contributed by atoms with van der Waals surface area (Å²) >= 11 is 0. The van der Waals surface area contributed by atoms with Crippen molar-refractivity contribution in [2.45, 2.75) is 19.4 Å². The van der Waals surface area contributed by atoms with E-state index in [1.165, 1.54) is 0 Å². The molecule has 0 bridgehead atoms. The van der Waals surface area contributed by atoms with Gasteiger partial charge in [-0.3, -0.25) is 14.9 Å². The number of rotatable bonds is 3. The maximum atomic E-state index is 12.2. The van der Waals surface area contributed by atoms with Crippen molar-refractivity contribution in [3.8, 4) is 11.5 Å². The van der Waals surface area contributed by atoms with Gasteiger partial charge in [0, 0.05) is 12.1 Å². The number of nitrogen functional groups attached to an aromatic ring is 1. The molecule has 4 N–H and O–H groups in total. The zero-order chi connectivity index (χ0) is 16.8. The van der Waals surface area contributed by atoms with Crippen LogP contribution in [0.15, 0.2) is 12.1 Å². The molecule has 2 aliphatic rings. The number of anilines is 2. The highest BCUT2D eigenvalue weighted by Gasteiger charge is 2.46. The molecule has 0 atom stereocenters. The van der Waals surface area contributed by atoms with Crippen LogP contribution in [0.25, 0.3) is 0 Å². The summed E-state index contributed by atoms with van der Waals surface area (Å²) in [6.45, 7) is 2.94. The van der Waals surface area contributed by atoms with Crippen molar-refractivity contribution in [3.63, 3.8) is 0 Å².